The summed E-state index contributed by atoms with van der Waals surface area (Å²) in [4.78, 5) is 25.8. The molecule has 5 nitrogen and oxygen atoms in total. The van der Waals surface area contributed by atoms with Gasteiger partial charge < -0.3 is 4.90 Å². The minimum Gasteiger partial charge on any atom is -0.334 e. The van der Waals surface area contributed by atoms with E-state index in [0.29, 0.717) is 6.54 Å². The van der Waals surface area contributed by atoms with Crippen molar-refractivity contribution in [3.63, 3.8) is 0 Å². The fourth-order valence-electron chi connectivity index (χ4n) is 2.69. The molecular formula is C19H19FN2O3S. The molecular weight excluding hydrogens is 355 g/mol. The fraction of sp³-hybridized carbons (Fsp3) is 0.316. The number of hydrogen-bond acceptors (Lipinski definition) is 4. The van der Waals surface area contributed by atoms with Crippen molar-refractivity contribution in [1.29, 1.82) is 0 Å². The number of halogens is 1. The highest BCUT2D eigenvalue weighted by Crippen LogP contribution is 2.32. The Hall–Kier alpha value is -2.41. The molecule has 1 saturated carbocycles. The molecule has 0 aromatic heterocycles. The van der Waals surface area contributed by atoms with E-state index in [-0.39, 0.29) is 28.7 Å². The van der Waals surface area contributed by atoms with Crippen LogP contribution in [0, 0.1) is 15.9 Å². The van der Waals surface area contributed by atoms with E-state index < -0.39 is 4.92 Å². The summed E-state index contributed by atoms with van der Waals surface area (Å²) in [6, 6.07) is 12.7. The second-order valence-electron chi connectivity index (χ2n) is 6.33. The van der Waals surface area contributed by atoms with Crippen LogP contribution >= 0.6 is 11.8 Å². The molecule has 1 aliphatic carbocycles. The van der Waals surface area contributed by atoms with Crippen molar-refractivity contribution in [1.82, 2.24) is 4.90 Å². The van der Waals surface area contributed by atoms with Crippen molar-refractivity contribution >= 4 is 23.4 Å². The van der Waals surface area contributed by atoms with Crippen molar-refractivity contribution in [2.24, 2.45) is 0 Å². The van der Waals surface area contributed by atoms with Gasteiger partial charge in [-0.2, -0.15) is 0 Å². The molecule has 0 bridgehead atoms. The van der Waals surface area contributed by atoms with Gasteiger partial charge in [-0.15, -0.1) is 11.8 Å². The number of nitro groups is 1. The number of non-ortho nitro benzene ring substituents is 1. The van der Waals surface area contributed by atoms with Gasteiger partial charge in [-0.25, -0.2) is 4.39 Å². The number of thioether (sulfide) groups is 1. The van der Waals surface area contributed by atoms with Gasteiger partial charge in [0.2, 0.25) is 5.91 Å². The van der Waals surface area contributed by atoms with Gasteiger partial charge in [-0.05, 0) is 49.6 Å². The molecule has 26 heavy (non-hydrogen) atoms. The molecule has 1 unspecified atom stereocenters. The Morgan fingerprint density at radius 2 is 1.85 bits per heavy atom. The van der Waals surface area contributed by atoms with Gasteiger partial charge in [0.25, 0.3) is 5.69 Å². The molecule has 0 heterocycles. The van der Waals surface area contributed by atoms with Crippen molar-refractivity contribution in [2.75, 3.05) is 0 Å². The maximum Gasteiger partial charge on any atom is 0.269 e. The van der Waals surface area contributed by atoms with Crippen LogP contribution in [0.2, 0.25) is 0 Å². The summed E-state index contributed by atoms with van der Waals surface area (Å²) in [5, 5.41) is 10.4. The highest BCUT2D eigenvalue weighted by Gasteiger charge is 2.34. The lowest BCUT2D eigenvalue weighted by Crippen LogP contribution is -2.37. The summed E-state index contributed by atoms with van der Waals surface area (Å²) in [5.74, 6) is -0.264. The lowest BCUT2D eigenvalue weighted by molar-refractivity contribution is -0.384. The smallest absolute Gasteiger partial charge is 0.269 e. The molecule has 1 amide bonds. The molecule has 7 heteroatoms. The molecule has 0 saturated heterocycles. The largest absolute Gasteiger partial charge is 0.334 e. The highest BCUT2D eigenvalue weighted by atomic mass is 32.2. The van der Waals surface area contributed by atoms with Crippen LogP contribution in [0.1, 0.15) is 25.3 Å². The number of benzene rings is 2. The third-order valence-electron chi connectivity index (χ3n) is 4.25. The SMILES string of the molecule is CC(Sc1ccc([N+](=O)[O-])cc1)C(=O)N(Cc1ccc(F)cc1)C1CC1. The number of nitro benzene ring substituents is 1. The highest BCUT2D eigenvalue weighted by molar-refractivity contribution is 8.00. The molecule has 1 aliphatic rings. The van der Waals surface area contributed by atoms with E-state index >= 15 is 0 Å². The van der Waals surface area contributed by atoms with E-state index in [1.807, 2.05) is 11.8 Å². The number of amides is 1. The second-order valence-corrected chi connectivity index (χ2v) is 7.75. The maximum atomic E-state index is 13.1. The Kier molecular flexibility index (Phi) is 5.56. The number of hydrogen-bond donors (Lipinski definition) is 0. The number of carbonyl (C=O) groups excluding carboxylic acids is 1. The van der Waals surface area contributed by atoms with Gasteiger partial charge >= 0.3 is 0 Å². The van der Waals surface area contributed by atoms with E-state index in [4.69, 9.17) is 0 Å². The third kappa shape index (κ3) is 4.60. The zero-order valence-electron chi connectivity index (χ0n) is 14.3. The fourth-order valence-corrected chi connectivity index (χ4v) is 3.63. The van der Waals surface area contributed by atoms with E-state index in [9.17, 15) is 19.3 Å². The van der Waals surface area contributed by atoms with E-state index in [0.717, 1.165) is 23.3 Å². The Bertz CT molecular complexity index is 791. The van der Waals surface area contributed by atoms with Crippen molar-refractivity contribution in [3.8, 4) is 0 Å². The Morgan fingerprint density at radius 1 is 1.23 bits per heavy atom. The van der Waals surface area contributed by atoms with Gasteiger partial charge in [0.15, 0.2) is 0 Å². The molecule has 0 radical (unpaired) electrons. The molecule has 2 aromatic rings. The van der Waals surface area contributed by atoms with Crippen molar-refractivity contribution < 1.29 is 14.1 Å². The number of rotatable bonds is 7. The quantitative estimate of drug-likeness (QED) is 0.409. The van der Waals surface area contributed by atoms with E-state index in [2.05, 4.69) is 0 Å². The van der Waals surface area contributed by atoms with Gasteiger partial charge in [-0.1, -0.05) is 12.1 Å². The molecule has 1 atom stereocenters. The lowest BCUT2D eigenvalue weighted by Gasteiger charge is -2.25. The van der Waals surface area contributed by atoms with Gasteiger partial charge in [0, 0.05) is 29.6 Å². The summed E-state index contributed by atoms with van der Waals surface area (Å²) in [6.45, 7) is 2.31. The molecule has 0 aliphatic heterocycles. The predicted molar refractivity (Wildman–Crippen MR) is 98.4 cm³/mol. The topological polar surface area (TPSA) is 63.5 Å². The summed E-state index contributed by atoms with van der Waals surface area (Å²) >= 11 is 1.38. The van der Waals surface area contributed by atoms with Crippen LogP contribution in [0.4, 0.5) is 10.1 Å². The molecule has 1 fully saturated rings. The molecule has 0 spiro atoms. The minimum absolute atomic E-state index is 0.0279. The molecule has 3 rings (SSSR count). The van der Waals surface area contributed by atoms with Crippen LogP contribution in [0.15, 0.2) is 53.4 Å². The Labute approximate surface area is 155 Å². The first kappa shape index (κ1) is 18.4. The summed E-state index contributed by atoms with van der Waals surface area (Å²) < 4.78 is 13.1. The minimum atomic E-state index is -0.444. The summed E-state index contributed by atoms with van der Waals surface area (Å²) in [7, 11) is 0. The Balaban J connectivity index is 1.66. The predicted octanol–water partition coefficient (Wildman–Crippen LogP) is 4.41. The van der Waals surface area contributed by atoms with Crippen LogP contribution in [0.25, 0.3) is 0 Å². The third-order valence-corrected chi connectivity index (χ3v) is 5.34. The molecule has 2 aromatic carbocycles. The van der Waals surface area contributed by atoms with Crippen LogP contribution in [0.3, 0.4) is 0 Å². The van der Waals surface area contributed by atoms with Crippen LogP contribution in [0.5, 0.6) is 0 Å². The van der Waals surface area contributed by atoms with Crippen molar-refractivity contribution in [2.45, 2.75) is 42.5 Å². The monoisotopic (exact) mass is 374 g/mol. The first-order valence-corrected chi connectivity index (χ1v) is 9.28. The summed E-state index contributed by atoms with van der Waals surface area (Å²) in [5.41, 5.74) is 0.934. The number of carbonyl (C=O) groups is 1. The normalized spacial score (nSPS) is 14.7. The maximum absolute atomic E-state index is 13.1. The van der Waals surface area contributed by atoms with E-state index in [1.165, 1.54) is 36.0 Å². The molecule has 0 N–H and O–H groups in total. The van der Waals surface area contributed by atoms with Gasteiger partial charge in [0.1, 0.15) is 5.82 Å². The van der Waals surface area contributed by atoms with E-state index in [1.54, 1.807) is 24.3 Å². The standard InChI is InChI=1S/C19H19FN2O3S/c1-13(26-18-10-8-17(9-11-18)22(24)25)19(23)21(16-6-7-16)12-14-2-4-15(20)5-3-14/h2-5,8-11,13,16H,6-7,12H2,1H3. The van der Waals surface area contributed by atoms with Crippen LogP contribution in [-0.2, 0) is 11.3 Å². The summed E-state index contributed by atoms with van der Waals surface area (Å²) in [6.07, 6.45) is 1.98. The second kappa shape index (κ2) is 7.86. The van der Waals surface area contributed by atoms with Crippen LogP contribution in [-0.4, -0.2) is 27.0 Å². The average molecular weight is 374 g/mol. The van der Waals surface area contributed by atoms with Gasteiger partial charge in [-0.3, -0.25) is 14.9 Å². The molecule has 136 valence electrons. The average Bonchev–Trinajstić information content (AvgIpc) is 3.46. The Morgan fingerprint density at radius 3 is 2.38 bits per heavy atom. The lowest BCUT2D eigenvalue weighted by atomic mass is 10.2. The first-order chi connectivity index (χ1) is 12.4. The zero-order chi connectivity index (χ0) is 18.7. The van der Waals surface area contributed by atoms with Crippen molar-refractivity contribution in [3.05, 3.63) is 70.0 Å². The zero-order valence-corrected chi connectivity index (χ0v) is 15.1. The van der Waals surface area contributed by atoms with Crippen LogP contribution < -0.4 is 0 Å². The number of nitrogens with zero attached hydrogens (tertiary/aromatic N) is 2. The van der Waals surface area contributed by atoms with Gasteiger partial charge in [0.05, 0.1) is 10.2 Å². The first-order valence-electron chi connectivity index (χ1n) is 8.40.